The highest BCUT2D eigenvalue weighted by Crippen LogP contribution is 2.32. The van der Waals surface area contributed by atoms with E-state index in [0.717, 1.165) is 11.6 Å². The summed E-state index contributed by atoms with van der Waals surface area (Å²) in [5.41, 5.74) is 7.78. The van der Waals surface area contributed by atoms with E-state index in [1.54, 1.807) is 0 Å². The zero-order valence-corrected chi connectivity index (χ0v) is 12.7. The van der Waals surface area contributed by atoms with Crippen molar-refractivity contribution in [3.05, 3.63) is 57.6 Å². The predicted octanol–water partition coefficient (Wildman–Crippen LogP) is 4.65. The van der Waals surface area contributed by atoms with Crippen LogP contribution in [0.15, 0.2) is 30.3 Å². The molecular weight excluding hydrogens is 254 g/mol. The summed E-state index contributed by atoms with van der Waals surface area (Å²) >= 11 is 6.12. The molecule has 0 aromatic heterocycles. The Bertz CT molecular complexity index is 579. The number of halogens is 1. The van der Waals surface area contributed by atoms with Gasteiger partial charge >= 0.3 is 0 Å². The molecule has 2 heteroatoms. The molecule has 0 heterocycles. The lowest BCUT2D eigenvalue weighted by molar-refractivity contribution is 0.819. The van der Waals surface area contributed by atoms with Gasteiger partial charge in [-0.25, -0.2) is 0 Å². The fourth-order valence-electron chi connectivity index (χ4n) is 2.75. The molecule has 0 saturated heterocycles. The molecule has 0 atom stereocenters. The van der Waals surface area contributed by atoms with E-state index in [0.29, 0.717) is 0 Å². The average molecular weight is 274 g/mol. The van der Waals surface area contributed by atoms with Crippen molar-refractivity contribution in [3.8, 4) is 11.1 Å². The second kappa shape index (κ2) is 5.77. The van der Waals surface area contributed by atoms with Gasteiger partial charge in [-0.2, -0.15) is 0 Å². The van der Waals surface area contributed by atoms with Crippen LogP contribution >= 0.6 is 11.6 Å². The fourth-order valence-corrected chi connectivity index (χ4v) is 2.94. The van der Waals surface area contributed by atoms with Crippen LogP contribution in [0, 0.1) is 20.8 Å². The Hall–Kier alpha value is -1.31. The van der Waals surface area contributed by atoms with E-state index in [-0.39, 0.29) is 0 Å². The van der Waals surface area contributed by atoms with E-state index in [9.17, 15) is 0 Å². The van der Waals surface area contributed by atoms with E-state index in [2.05, 4.69) is 44.3 Å². The summed E-state index contributed by atoms with van der Waals surface area (Å²) in [6.45, 7) is 7.31. The lowest BCUT2D eigenvalue weighted by Gasteiger charge is -2.16. The van der Waals surface area contributed by atoms with Crippen LogP contribution in [0.2, 0.25) is 5.02 Å². The molecule has 2 aromatic carbocycles. The summed E-state index contributed by atoms with van der Waals surface area (Å²) in [4.78, 5) is 0. The Kier molecular flexibility index (Phi) is 4.28. The monoisotopic (exact) mass is 273 g/mol. The third-order valence-corrected chi connectivity index (χ3v) is 3.62. The van der Waals surface area contributed by atoms with Gasteiger partial charge in [0.15, 0.2) is 0 Å². The summed E-state index contributed by atoms with van der Waals surface area (Å²) in [6, 6.07) is 10.6. The number of hydrogen-bond donors (Lipinski definition) is 1. The minimum Gasteiger partial charge on any atom is -0.316 e. The Morgan fingerprint density at radius 2 is 1.63 bits per heavy atom. The Labute approximate surface area is 120 Å². The van der Waals surface area contributed by atoms with Crippen molar-refractivity contribution < 1.29 is 0 Å². The molecule has 1 N–H and O–H groups in total. The first kappa shape index (κ1) is 14.1. The van der Waals surface area contributed by atoms with Crippen LogP contribution in [0.5, 0.6) is 0 Å². The van der Waals surface area contributed by atoms with Crippen molar-refractivity contribution in [2.24, 2.45) is 0 Å². The van der Waals surface area contributed by atoms with Gasteiger partial charge < -0.3 is 5.32 Å². The van der Waals surface area contributed by atoms with E-state index >= 15 is 0 Å². The molecule has 0 amide bonds. The van der Waals surface area contributed by atoms with Gasteiger partial charge in [-0.3, -0.25) is 0 Å². The predicted molar refractivity (Wildman–Crippen MR) is 83.9 cm³/mol. The lowest BCUT2D eigenvalue weighted by atomic mass is 9.91. The van der Waals surface area contributed by atoms with Crippen LogP contribution in [0.25, 0.3) is 11.1 Å². The van der Waals surface area contributed by atoms with E-state index < -0.39 is 0 Å². The Morgan fingerprint density at radius 1 is 1.00 bits per heavy atom. The number of rotatable bonds is 3. The van der Waals surface area contributed by atoms with Crippen molar-refractivity contribution in [3.63, 3.8) is 0 Å². The third-order valence-electron chi connectivity index (χ3n) is 3.38. The van der Waals surface area contributed by atoms with Gasteiger partial charge in [0, 0.05) is 11.6 Å². The van der Waals surface area contributed by atoms with E-state index in [4.69, 9.17) is 11.6 Å². The van der Waals surface area contributed by atoms with Crippen molar-refractivity contribution in [1.82, 2.24) is 5.32 Å². The highest BCUT2D eigenvalue weighted by molar-refractivity contribution is 6.30. The summed E-state index contributed by atoms with van der Waals surface area (Å²) in [5.74, 6) is 0. The Morgan fingerprint density at radius 3 is 2.21 bits per heavy atom. The van der Waals surface area contributed by atoms with Crippen LogP contribution in [0.3, 0.4) is 0 Å². The van der Waals surface area contributed by atoms with Gasteiger partial charge in [-0.05, 0) is 67.8 Å². The summed E-state index contributed by atoms with van der Waals surface area (Å²) in [7, 11) is 1.96. The molecule has 2 aromatic rings. The molecule has 0 fully saturated rings. The van der Waals surface area contributed by atoms with Gasteiger partial charge in [-0.15, -0.1) is 0 Å². The van der Waals surface area contributed by atoms with E-state index in [1.165, 1.54) is 33.4 Å². The van der Waals surface area contributed by atoms with Crippen molar-refractivity contribution in [1.29, 1.82) is 0 Å². The molecule has 100 valence electrons. The minimum absolute atomic E-state index is 0.788. The van der Waals surface area contributed by atoms with Crippen LogP contribution in [-0.2, 0) is 6.54 Å². The molecule has 0 spiro atoms. The largest absolute Gasteiger partial charge is 0.316 e. The van der Waals surface area contributed by atoms with Gasteiger partial charge in [0.25, 0.3) is 0 Å². The second-order valence-corrected chi connectivity index (χ2v) is 5.54. The molecule has 0 saturated carbocycles. The molecule has 0 aliphatic rings. The number of aryl methyl sites for hydroxylation is 3. The van der Waals surface area contributed by atoms with E-state index in [1.807, 2.05) is 19.2 Å². The maximum atomic E-state index is 6.12. The van der Waals surface area contributed by atoms with Gasteiger partial charge in [0.2, 0.25) is 0 Å². The van der Waals surface area contributed by atoms with Crippen LogP contribution < -0.4 is 5.32 Å². The number of nitrogens with one attached hydrogen (secondary N) is 1. The summed E-state index contributed by atoms with van der Waals surface area (Å²) in [6.07, 6.45) is 0. The van der Waals surface area contributed by atoms with Crippen molar-refractivity contribution >= 4 is 11.6 Å². The molecular formula is C17H20ClN. The molecule has 2 rings (SSSR count). The highest BCUT2D eigenvalue weighted by Gasteiger charge is 2.11. The molecule has 0 aliphatic heterocycles. The molecule has 0 unspecified atom stereocenters. The zero-order valence-electron chi connectivity index (χ0n) is 12.0. The summed E-state index contributed by atoms with van der Waals surface area (Å²) < 4.78 is 0. The normalized spacial score (nSPS) is 10.8. The maximum absolute atomic E-state index is 6.12. The topological polar surface area (TPSA) is 12.0 Å². The van der Waals surface area contributed by atoms with Crippen molar-refractivity contribution in [2.45, 2.75) is 27.3 Å². The van der Waals surface area contributed by atoms with Crippen LogP contribution in [0.4, 0.5) is 0 Å². The zero-order chi connectivity index (χ0) is 14.0. The van der Waals surface area contributed by atoms with Gasteiger partial charge in [-0.1, -0.05) is 35.4 Å². The molecule has 19 heavy (non-hydrogen) atoms. The number of benzene rings is 2. The van der Waals surface area contributed by atoms with Crippen LogP contribution in [0.1, 0.15) is 22.3 Å². The lowest BCUT2D eigenvalue weighted by Crippen LogP contribution is -2.07. The summed E-state index contributed by atoms with van der Waals surface area (Å²) in [5, 5.41) is 4.00. The standard InChI is InChI=1S/C17H20ClN/c1-11-7-12(2)17(13(3)8-11)16-6-5-15(18)9-14(16)10-19-4/h5-9,19H,10H2,1-4H3. The first-order chi connectivity index (χ1) is 9.02. The second-order valence-electron chi connectivity index (χ2n) is 5.11. The first-order valence-corrected chi connectivity index (χ1v) is 6.92. The third kappa shape index (κ3) is 2.99. The van der Waals surface area contributed by atoms with Crippen molar-refractivity contribution in [2.75, 3.05) is 7.05 Å². The minimum atomic E-state index is 0.788. The molecule has 0 aliphatic carbocycles. The Balaban J connectivity index is 2.65. The van der Waals surface area contributed by atoms with Crippen LogP contribution in [-0.4, -0.2) is 7.05 Å². The highest BCUT2D eigenvalue weighted by atomic mass is 35.5. The average Bonchev–Trinajstić information content (AvgIpc) is 2.31. The quantitative estimate of drug-likeness (QED) is 0.858. The molecule has 0 radical (unpaired) electrons. The molecule has 0 bridgehead atoms. The van der Waals surface area contributed by atoms with Gasteiger partial charge in [0.05, 0.1) is 0 Å². The first-order valence-electron chi connectivity index (χ1n) is 6.54. The molecule has 1 nitrogen and oxygen atoms in total. The smallest absolute Gasteiger partial charge is 0.0409 e. The fraction of sp³-hybridized carbons (Fsp3) is 0.294. The SMILES string of the molecule is CNCc1cc(Cl)ccc1-c1c(C)cc(C)cc1C. The number of hydrogen-bond acceptors (Lipinski definition) is 1. The maximum Gasteiger partial charge on any atom is 0.0409 e. The van der Waals surface area contributed by atoms with Gasteiger partial charge in [0.1, 0.15) is 0 Å².